The predicted molar refractivity (Wildman–Crippen MR) is 88.5 cm³/mol. The minimum Gasteiger partial charge on any atom is -0.481 e. The van der Waals surface area contributed by atoms with Gasteiger partial charge >= 0.3 is 5.97 Å². The van der Waals surface area contributed by atoms with E-state index in [9.17, 15) is 14.9 Å². The topological polar surface area (TPSA) is 80.4 Å². The number of hydrogen-bond acceptors (Lipinski definition) is 3. The van der Waals surface area contributed by atoms with E-state index in [4.69, 9.17) is 5.11 Å². The molecular weight excluding hydrogens is 294 g/mol. The molecule has 0 aromatic heterocycles. The monoisotopic (exact) mass is 313 g/mol. The number of benzene rings is 1. The molecule has 0 aliphatic heterocycles. The summed E-state index contributed by atoms with van der Waals surface area (Å²) >= 11 is 0. The van der Waals surface area contributed by atoms with E-state index in [1.165, 1.54) is 12.2 Å². The number of allylic oxidation sites excluding steroid dienone is 3. The molecular formula is C18H19NO4. The molecule has 0 saturated carbocycles. The first-order chi connectivity index (χ1) is 10.9. The van der Waals surface area contributed by atoms with E-state index in [1.807, 2.05) is 30.3 Å². The van der Waals surface area contributed by atoms with Crippen molar-refractivity contribution in [3.05, 3.63) is 75.0 Å². The lowest BCUT2D eigenvalue weighted by Crippen LogP contribution is -2.09. The van der Waals surface area contributed by atoms with Gasteiger partial charge < -0.3 is 5.11 Å². The standard InChI is InChI=1S/C18H19NO4/c1-12(2)13-6-3-4-7-14(13)15-8-5-9-17(19(22)23)16(15)10-11-18(20)21/h3-4,6-10,12H,5,11H2,1-2H3,(H,20,21)/b16-10+. The van der Waals surface area contributed by atoms with Crippen LogP contribution in [0.25, 0.3) is 5.57 Å². The molecule has 1 aromatic carbocycles. The minimum absolute atomic E-state index is 0.0256. The zero-order chi connectivity index (χ0) is 17.0. The smallest absolute Gasteiger partial charge is 0.307 e. The van der Waals surface area contributed by atoms with Gasteiger partial charge in [0.15, 0.2) is 0 Å². The van der Waals surface area contributed by atoms with Crippen molar-refractivity contribution in [2.45, 2.75) is 32.6 Å². The summed E-state index contributed by atoms with van der Waals surface area (Å²) in [6.45, 7) is 4.13. The Morgan fingerprint density at radius 2 is 2.04 bits per heavy atom. The predicted octanol–water partition coefficient (Wildman–Crippen LogP) is 4.16. The second-order valence-electron chi connectivity index (χ2n) is 5.66. The molecule has 0 heterocycles. The molecule has 1 N–H and O–H groups in total. The van der Waals surface area contributed by atoms with Crippen LogP contribution >= 0.6 is 0 Å². The summed E-state index contributed by atoms with van der Waals surface area (Å²) in [5, 5.41) is 20.2. The molecule has 5 nitrogen and oxygen atoms in total. The molecule has 5 heteroatoms. The van der Waals surface area contributed by atoms with E-state index < -0.39 is 10.9 Å². The van der Waals surface area contributed by atoms with E-state index in [-0.39, 0.29) is 18.0 Å². The molecule has 0 spiro atoms. The van der Waals surface area contributed by atoms with Gasteiger partial charge in [-0.05, 0) is 35.1 Å². The Morgan fingerprint density at radius 1 is 1.35 bits per heavy atom. The Hall–Kier alpha value is -2.69. The Labute approximate surface area is 134 Å². The fraction of sp³-hybridized carbons (Fsp3) is 0.278. The van der Waals surface area contributed by atoms with Crippen molar-refractivity contribution in [2.75, 3.05) is 0 Å². The van der Waals surface area contributed by atoms with Crippen molar-refractivity contribution < 1.29 is 14.8 Å². The highest BCUT2D eigenvalue weighted by atomic mass is 16.6. The largest absolute Gasteiger partial charge is 0.481 e. The maximum Gasteiger partial charge on any atom is 0.307 e. The highest BCUT2D eigenvalue weighted by Crippen LogP contribution is 2.37. The molecule has 1 aromatic rings. The van der Waals surface area contributed by atoms with Gasteiger partial charge in [0.05, 0.1) is 16.9 Å². The summed E-state index contributed by atoms with van der Waals surface area (Å²) in [5.74, 6) is -0.750. The van der Waals surface area contributed by atoms with Crippen LogP contribution in [-0.4, -0.2) is 16.0 Å². The molecule has 0 bridgehead atoms. The molecule has 0 radical (unpaired) electrons. The second kappa shape index (κ2) is 7.05. The van der Waals surface area contributed by atoms with Crippen LogP contribution in [0.15, 0.2) is 53.8 Å². The first kappa shape index (κ1) is 16.7. The zero-order valence-electron chi connectivity index (χ0n) is 13.2. The van der Waals surface area contributed by atoms with Gasteiger partial charge in [0.25, 0.3) is 5.70 Å². The van der Waals surface area contributed by atoms with Crippen LogP contribution in [0.4, 0.5) is 0 Å². The van der Waals surface area contributed by atoms with Crippen molar-refractivity contribution in [3.63, 3.8) is 0 Å². The third-order valence-electron chi connectivity index (χ3n) is 3.75. The van der Waals surface area contributed by atoms with Crippen LogP contribution in [0.5, 0.6) is 0 Å². The average Bonchev–Trinajstić information content (AvgIpc) is 2.52. The van der Waals surface area contributed by atoms with E-state index in [0.717, 1.165) is 16.7 Å². The third kappa shape index (κ3) is 3.74. The number of carbonyl (C=O) groups is 1. The van der Waals surface area contributed by atoms with Gasteiger partial charge in [0, 0.05) is 0 Å². The second-order valence-corrected chi connectivity index (χ2v) is 5.66. The maximum atomic E-state index is 11.3. The van der Waals surface area contributed by atoms with Crippen molar-refractivity contribution >= 4 is 11.5 Å². The molecule has 23 heavy (non-hydrogen) atoms. The summed E-state index contributed by atoms with van der Waals surface area (Å²) in [5.41, 5.74) is 3.11. The number of nitro groups is 1. The summed E-state index contributed by atoms with van der Waals surface area (Å²) in [4.78, 5) is 21.8. The fourth-order valence-electron chi connectivity index (χ4n) is 2.72. The first-order valence-electron chi connectivity index (χ1n) is 7.48. The molecule has 0 atom stereocenters. The van der Waals surface area contributed by atoms with Gasteiger partial charge in [-0.15, -0.1) is 0 Å². The summed E-state index contributed by atoms with van der Waals surface area (Å²) in [6, 6.07) is 7.76. The van der Waals surface area contributed by atoms with Gasteiger partial charge in [0.2, 0.25) is 0 Å². The maximum absolute atomic E-state index is 11.3. The summed E-state index contributed by atoms with van der Waals surface area (Å²) in [6.07, 6.45) is 5.08. The molecule has 1 aliphatic carbocycles. The van der Waals surface area contributed by atoms with Gasteiger partial charge in [0.1, 0.15) is 0 Å². The van der Waals surface area contributed by atoms with Crippen molar-refractivity contribution in [1.82, 2.24) is 0 Å². The molecule has 0 fully saturated rings. The number of carboxylic acids is 1. The summed E-state index contributed by atoms with van der Waals surface area (Å²) < 4.78 is 0. The van der Waals surface area contributed by atoms with Gasteiger partial charge in [-0.1, -0.05) is 50.3 Å². The highest BCUT2D eigenvalue weighted by Gasteiger charge is 2.26. The Balaban J connectivity index is 2.56. The van der Waals surface area contributed by atoms with Crippen LogP contribution in [0, 0.1) is 10.1 Å². The van der Waals surface area contributed by atoms with Crippen LogP contribution in [0.3, 0.4) is 0 Å². The Morgan fingerprint density at radius 3 is 2.65 bits per heavy atom. The quantitative estimate of drug-likeness (QED) is 0.654. The molecule has 120 valence electrons. The van der Waals surface area contributed by atoms with Crippen LogP contribution < -0.4 is 0 Å². The van der Waals surface area contributed by atoms with E-state index in [1.54, 1.807) is 0 Å². The lowest BCUT2D eigenvalue weighted by molar-refractivity contribution is -0.420. The molecule has 2 rings (SSSR count). The normalized spacial score (nSPS) is 16.2. The van der Waals surface area contributed by atoms with Gasteiger partial charge in [-0.3, -0.25) is 14.9 Å². The number of hydrogen-bond donors (Lipinski definition) is 1. The van der Waals surface area contributed by atoms with Gasteiger partial charge in [-0.25, -0.2) is 0 Å². The molecule has 0 amide bonds. The molecule has 0 unspecified atom stereocenters. The number of nitrogens with zero attached hydrogens (tertiary/aromatic N) is 1. The van der Waals surface area contributed by atoms with Crippen molar-refractivity contribution in [2.24, 2.45) is 0 Å². The molecule has 0 saturated heterocycles. The molecule has 1 aliphatic rings. The van der Waals surface area contributed by atoms with Crippen LogP contribution in [0.1, 0.15) is 43.7 Å². The van der Waals surface area contributed by atoms with Crippen molar-refractivity contribution in [3.8, 4) is 0 Å². The summed E-state index contributed by atoms with van der Waals surface area (Å²) in [7, 11) is 0. The van der Waals surface area contributed by atoms with E-state index in [0.29, 0.717) is 12.0 Å². The SMILES string of the molecule is CC(C)c1ccccc1C1=CCC=C([N+](=O)[O-])/C1=C/CC(=O)O. The lowest BCUT2D eigenvalue weighted by Gasteiger charge is -2.19. The first-order valence-corrected chi connectivity index (χ1v) is 7.48. The number of rotatable bonds is 5. The fourth-order valence-corrected chi connectivity index (χ4v) is 2.72. The Bertz CT molecular complexity index is 726. The lowest BCUT2D eigenvalue weighted by atomic mass is 9.85. The Kier molecular flexibility index (Phi) is 5.11. The third-order valence-corrected chi connectivity index (χ3v) is 3.75. The van der Waals surface area contributed by atoms with Crippen LogP contribution in [0.2, 0.25) is 0 Å². The zero-order valence-corrected chi connectivity index (χ0v) is 13.2. The van der Waals surface area contributed by atoms with E-state index >= 15 is 0 Å². The number of aliphatic carboxylic acids is 1. The average molecular weight is 313 g/mol. The number of carboxylic acid groups (broad SMARTS) is 1. The highest BCUT2D eigenvalue weighted by molar-refractivity contribution is 5.86. The van der Waals surface area contributed by atoms with Gasteiger partial charge in [-0.2, -0.15) is 0 Å². The van der Waals surface area contributed by atoms with Crippen LogP contribution in [-0.2, 0) is 4.79 Å². The van der Waals surface area contributed by atoms with Crippen molar-refractivity contribution in [1.29, 1.82) is 0 Å². The minimum atomic E-state index is -1.01. The van der Waals surface area contributed by atoms with E-state index in [2.05, 4.69) is 13.8 Å².